The van der Waals surface area contributed by atoms with Crippen molar-refractivity contribution in [3.8, 4) is 0 Å². The molecule has 4 heteroatoms. The molecule has 0 aliphatic rings. The van der Waals surface area contributed by atoms with E-state index in [9.17, 15) is 0 Å². The minimum Gasteiger partial charge on any atom is -0.376 e. The Balaban J connectivity index is 2.61. The Morgan fingerprint density at radius 3 is 2.86 bits per heavy atom. The van der Waals surface area contributed by atoms with E-state index in [4.69, 9.17) is 5.73 Å². The third kappa shape index (κ3) is 1.33. The van der Waals surface area contributed by atoms with Crippen LogP contribution in [0.15, 0.2) is 24.5 Å². The third-order valence-corrected chi connectivity index (χ3v) is 2.29. The molecule has 0 fully saturated rings. The Morgan fingerprint density at radius 2 is 2.21 bits per heavy atom. The Hall–Kier alpha value is -1.55. The molecule has 2 rings (SSSR count). The topological polar surface area (TPSA) is 46.6 Å². The predicted octanol–water partition coefficient (Wildman–Crippen LogP) is 0.859. The zero-order chi connectivity index (χ0) is 10.1. The number of hydrogen-bond donors (Lipinski definition) is 1. The van der Waals surface area contributed by atoms with Crippen molar-refractivity contribution in [1.29, 1.82) is 0 Å². The number of hydrogen-bond acceptors (Lipinski definition) is 3. The van der Waals surface area contributed by atoms with Crippen molar-refractivity contribution in [2.75, 3.05) is 19.0 Å². The highest BCUT2D eigenvalue weighted by atomic mass is 15.1. The molecule has 0 aliphatic carbocycles. The van der Waals surface area contributed by atoms with E-state index < -0.39 is 0 Å². The summed E-state index contributed by atoms with van der Waals surface area (Å²) in [6.45, 7) is 0.463. The lowest BCUT2D eigenvalue weighted by atomic mass is 10.3. The van der Waals surface area contributed by atoms with Crippen LogP contribution in [0.5, 0.6) is 0 Å². The van der Waals surface area contributed by atoms with Crippen molar-refractivity contribution in [1.82, 2.24) is 9.38 Å². The summed E-state index contributed by atoms with van der Waals surface area (Å²) in [6, 6.07) is 4.11. The predicted molar refractivity (Wildman–Crippen MR) is 57.4 cm³/mol. The molecule has 0 radical (unpaired) electrons. The molecule has 0 amide bonds. The van der Waals surface area contributed by atoms with Gasteiger partial charge in [0.2, 0.25) is 0 Å². The summed E-state index contributed by atoms with van der Waals surface area (Å²) in [7, 11) is 4.03. The summed E-state index contributed by atoms with van der Waals surface area (Å²) in [5.74, 6) is 0.892. The molecule has 0 spiro atoms. The van der Waals surface area contributed by atoms with E-state index in [1.165, 1.54) is 0 Å². The maximum absolute atomic E-state index is 5.59. The Bertz CT molecular complexity index is 444. The number of pyridine rings is 1. The average Bonchev–Trinajstić information content (AvgIpc) is 2.59. The summed E-state index contributed by atoms with van der Waals surface area (Å²) in [5.41, 5.74) is 7.81. The molecular weight excluding hydrogens is 176 g/mol. The van der Waals surface area contributed by atoms with Crippen LogP contribution in [0.25, 0.3) is 5.52 Å². The Morgan fingerprint density at radius 1 is 1.43 bits per heavy atom. The number of nitrogens with two attached hydrogens (primary N) is 1. The highest BCUT2D eigenvalue weighted by Crippen LogP contribution is 2.14. The SMILES string of the molecule is CN(C)c1ccc2cnc(CN)n2c1. The van der Waals surface area contributed by atoms with E-state index in [0.29, 0.717) is 6.54 Å². The molecule has 74 valence electrons. The van der Waals surface area contributed by atoms with Crippen LogP contribution in [0.1, 0.15) is 5.82 Å². The lowest BCUT2D eigenvalue weighted by Crippen LogP contribution is -2.10. The van der Waals surface area contributed by atoms with Crippen LogP contribution in [-0.4, -0.2) is 23.5 Å². The van der Waals surface area contributed by atoms with Crippen molar-refractivity contribution in [2.45, 2.75) is 6.54 Å². The molecule has 4 nitrogen and oxygen atoms in total. The number of rotatable bonds is 2. The number of nitrogens with zero attached hydrogens (tertiary/aromatic N) is 3. The van der Waals surface area contributed by atoms with Crippen LogP contribution in [0.2, 0.25) is 0 Å². The molecule has 0 aromatic carbocycles. The molecular formula is C10H14N4. The molecule has 2 aromatic rings. The number of aromatic nitrogens is 2. The Kier molecular flexibility index (Phi) is 2.13. The second-order valence-corrected chi connectivity index (χ2v) is 3.46. The molecule has 0 unspecified atom stereocenters. The fourth-order valence-electron chi connectivity index (χ4n) is 1.45. The van der Waals surface area contributed by atoms with Gasteiger partial charge in [0, 0.05) is 20.3 Å². The van der Waals surface area contributed by atoms with E-state index >= 15 is 0 Å². The van der Waals surface area contributed by atoms with E-state index in [1.807, 2.05) is 37.0 Å². The van der Waals surface area contributed by atoms with Gasteiger partial charge in [0.1, 0.15) is 5.82 Å². The monoisotopic (exact) mass is 190 g/mol. The van der Waals surface area contributed by atoms with Gasteiger partial charge in [0.05, 0.1) is 23.9 Å². The zero-order valence-electron chi connectivity index (χ0n) is 8.44. The maximum atomic E-state index is 5.59. The van der Waals surface area contributed by atoms with Gasteiger partial charge in [-0.1, -0.05) is 0 Å². The molecule has 14 heavy (non-hydrogen) atoms. The van der Waals surface area contributed by atoms with Crippen molar-refractivity contribution in [3.63, 3.8) is 0 Å². The van der Waals surface area contributed by atoms with Crippen LogP contribution < -0.4 is 10.6 Å². The van der Waals surface area contributed by atoms with Gasteiger partial charge >= 0.3 is 0 Å². The molecule has 2 aromatic heterocycles. The number of anilines is 1. The fourth-order valence-corrected chi connectivity index (χ4v) is 1.45. The summed E-state index contributed by atoms with van der Waals surface area (Å²) < 4.78 is 2.02. The van der Waals surface area contributed by atoms with Gasteiger partial charge < -0.3 is 15.0 Å². The van der Waals surface area contributed by atoms with Crippen molar-refractivity contribution >= 4 is 11.2 Å². The van der Waals surface area contributed by atoms with Gasteiger partial charge in [-0.3, -0.25) is 0 Å². The lowest BCUT2D eigenvalue weighted by molar-refractivity contribution is 0.900. The standard InChI is InChI=1S/C10H14N4/c1-13(2)9-4-3-8-6-12-10(5-11)14(8)7-9/h3-4,6-7H,5,11H2,1-2H3. The first-order valence-corrected chi connectivity index (χ1v) is 4.56. The summed E-state index contributed by atoms with van der Waals surface area (Å²) in [4.78, 5) is 6.29. The lowest BCUT2D eigenvalue weighted by Gasteiger charge is -2.12. The molecule has 0 saturated heterocycles. The van der Waals surface area contributed by atoms with Gasteiger partial charge in [-0.05, 0) is 12.1 Å². The first-order chi connectivity index (χ1) is 6.72. The second kappa shape index (κ2) is 3.31. The summed E-state index contributed by atoms with van der Waals surface area (Å²) >= 11 is 0. The van der Waals surface area contributed by atoms with Gasteiger partial charge in [-0.2, -0.15) is 0 Å². The van der Waals surface area contributed by atoms with Crippen molar-refractivity contribution in [3.05, 3.63) is 30.4 Å². The average molecular weight is 190 g/mol. The van der Waals surface area contributed by atoms with Crippen LogP contribution in [0.3, 0.4) is 0 Å². The first kappa shape index (κ1) is 9.02. The van der Waals surface area contributed by atoms with Crippen LogP contribution in [0, 0.1) is 0 Å². The fraction of sp³-hybridized carbons (Fsp3) is 0.300. The molecule has 0 aliphatic heterocycles. The number of fused-ring (bicyclic) bond motifs is 1. The molecule has 2 N–H and O–H groups in total. The smallest absolute Gasteiger partial charge is 0.127 e. The van der Waals surface area contributed by atoms with Crippen molar-refractivity contribution < 1.29 is 0 Å². The second-order valence-electron chi connectivity index (χ2n) is 3.46. The van der Waals surface area contributed by atoms with Gasteiger partial charge in [0.25, 0.3) is 0 Å². The van der Waals surface area contributed by atoms with E-state index in [2.05, 4.69) is 16.0 Å². The van der Waals surface area contributed by atoms with E-state index in [1.54, 1.807) is 0 Å². The van der Waals surface area contributed by atoms with Gasteiger partial charge in [-0.15, -0.1) is 0 Å². The van der Waals surface area contributed by atoms with Crippen LogP contribution >= 0.6 is 0 Å². The minimum absolute atomic E-state index is 0.463. The van der Waals surface area contributed by atoms with E-state index in [0.717, 1.165) is 17.0 Å². The van der Waals surface area contributed by atoms with Gasteiger partial charge in [-0.25, -0.2) is 4.98 Å². The number of imidazole rings is 1. The quantitative estimate of drug-likeness (QED) is 0.764. The zero-order valence-corrected chi connectivity index (χ0v) is 8.44. The van der Waals surface area contributed by atoms with Gasteiger partial charge in [0.15, 0.2) is 0 Å². The minimum atomic E-state index is 0.463. The summed E-state index contributed by atoms with van der Waals surface area (Å²) in [5, 5.41) is 0. The molecule has 0 bridgehead atoms. The van der Waals surface area contributed by atoms with E-state index in [-0.39, 0.29) is 0 Å². The molecule has 0 atom stereocenters. The normalized spacial score (nSPS) is 10.8. The first-order valence-electron chi connectivity index (χ1n) is 4.56. The highest BCUT2D eigenvalue weighted by Gasteiger charge is 2.02. The maximum Gasteiger partial charge on any atom is 0.127 e. The third-order valence-electron chi connectivity index (χ3n) is 2.29. The largest absolute Gasteiger partial charge is 0.376 e. The molecule has 2 heterocycles. The summed E-state index contributed by atoms with van der Waals surface area (Å²) in [6.07, 6.45) is 3.88. The Labute approximate surface area is 83.0 Å². The molecule has 0 saturated carbocycles. The highest BCUT2D eigenvalue weighted by molar-refractivity contribution is 5.54. The van der Waals surface area contributed by atoms with Crippen LogP contribution in [0.4, 0.5) is 5.69 Å². The van der Waals surface area contributed by atoms with Crippen molar-refractivity contribution in [2.24, 2.45) is 5.73 Å². The van der Waals surface area contributed by atoms with Crippen LogP contribution in [-0.2, 0) is 6.54 Å².